The van der Waals surface area contributed by atoms with Gasteiger partial charge in [-0.1, -0.05) is 11.6 Å². The molecule has 0 radical (unpaired) electrons. The van der Waals surface area contributed by atoms with Gasteiger partial charge in [0.2, 0.25) is 0 Å². The van der Waals surface area contributed by atoms with Crippen molar-refractivity contribution in [2.75, 3.05) is 7.11 Å². The Morgan fingerprint density at radius 1 is 1.35 bits per heavy atom. The van der Waals surface area contributed by atoms with Crippen molar-refractivity contribution in [1.82, 2.24) is 0 Å². The average Bonchev–Trinajstić information content (AvgIpc) is 2.45. The maximum atomic E-state index is 10.9. The number of methoxy groups -OCH3 is 1. The molecule has 1 saturated carbocycles. The van der Waals surface area contributed by atoms with Crippen LogP contribution >= 0.6 is 11.6 Å². The second kappa shape index (κ2) is 6.95. The molecule has 2 rings (SSSR count). The molecule has 0 aliphatic heterocycles. The summed E-state index contributed by atoms with van der Waals surface area (Å²) in [7, 11) is 1.62. The molecular weight excluding hydrogens is 280 g/mol. The fraction of sp³-hybridized carbons (Fsp3) is 0.533. The Labute approximate surface area is 123 Å². The summed E-state index contributed by atoms with van der Waals surface area (Å²) in [4.78, 5) is 10.9. The minimum Gasteiger partial charge on any atom is -0.496 e. The first kappa shape index (κ1) is 15.1. The molecule has 1 fully saturated rings. The molecular formula is C15H19ClO4. The van der Waals surface area contributed by atoms with Crippen LogP contribution in [0.2, 0.25) is 5.02 Å². The van der Waals surface area contributed by atoms with Gasteiger partial charge in [0.25, 0.3) is 0 Å². The number of halogens is 1. The van der Waals surface area contributed by atoms with Crippen molar-refractivity contribution >= 4 is 17.6 Å². The lowest BCUT2D eigenvalue weighted by Crippen LogP contribution is -2.26. The van der Waals surface area contributed by atoms with E-state index < -0.39 is 5.97 Å². The number of ether oxygens (including phenoxy) is 2. The molecule has 1 N–H and O–H groups in total. The number of benzene rings is 1. The zero-order valence-electron chi connectivity index (χ0n) is 11.5. The SMILES string of the molecule is COc1ccc(Cl)cc1COC1CCC(C(=O)O)CC1. The quantitative estimate of drug-likeness (QED) is 0.904. The zero-order valence-corrected chi connectivity index (χ0v) is 12.2. The van der Waals surface area contributed by atoms with Crippen LogP contribution in [0.4, 0.5) is 0 Å². The highest BCUT2D eigenvalue weighted by atomic mass is 35.5. The maximum Gasteiger partial charge on any atom is 0.306 e. The van der Waals surface area contributed by atoms with E-state index in [0.29, 0.717) is 24.5 Å². The Bertz CT molecular complexity index is 467. The molecule has 0 spiro atoms. The summed E-state index contributed by atoms with van der Waals surface area (Å²) < 4.78 is 11.1. The number of aliphatic carboxylic acids is 1. The molecule has 20 heavy (non-hydrogen) atoms. The number of hydrogen-bond donors (Lipinski definition) is 1. The van der Waals surface area contributed by atoms with Crippen LogP contribution in [-0.2, 0) is 16.1 Å². The molecule has 0 aromatic heterocycles. The van der Waals surface area contributed by atoms with Crippen molar-refractivity contribution in [1.29, 1.82) is 0 Å². The number of carboxylic acid groups (broad SMARTS) is 1. The molecule has 0 heterocycles. The minimum atomic E-state index is -0.694. The molecule has 1 aliphatic carbocycles. The van der Waals surface area contributed by atoms with Crippen molar-refractivity contribution < 1.29 is 19.4 Å². The van der Waals surface area contributed by atoms with E-state index in [4.69, 9.17) is 26.2 Å². The van der Waals surface area contributed by atoms with Gasteiger partial charge < -0.3 is 14.6 Å². The summed E-state index contributed by atoms with van der Waals surface area (Å²) >= 11 is 5.97. The van der Waals surface area contributed by atoms with Crippen LogP contribution in [0.1, 0.15) is 31.2 Å². The summed E-state index contributed by atoms with van der Waals surface area (Å²) in [5.41, 5.74) is 0.917. The lowest BCUT2D eigenvalue weighted by Gasteiger charge is -2.26. The van der Waals surface area contributed by atoms with Gasteiger partial charge in [-0.15, -0.1) is 0 Å². The van der Waals surface area contributed by atoms with E-state index in [1.165, 1.54) is 0 Å². The van der Waals surface area contributed by atoms with Crippen LogP contribution in [0, 0.1) is 5.92 Å². The van der Waals surface area contributed by atoms with Crippen molar-refractivity contribution in [2.45, 2.75) is 38.4 Å². The molecule has 1 aliphatic rings. The minimum absolute atomic E-state index is 0.120. The predicted molar refractivity (Wildman–Crippen MR) is 76.2 cm³/mol. The van der Waals surface area contributed by atoms with Gasteiger partial charge in [0, 0.05) is 10.6 Å². The van der Waals surface area contributed by atoms with Crippen LogP contribution in [0.5, 0.6) is 5.75 Å². The Morgan fingerprint density at radius 2 is 2.05 bits per heavy atom. The smallest absolute Gasteiger partial charge is 0.306 e. The molecule has 0 bridgehead atoms. The van der Waals surface area contributed by atoms with Gasteiger partial charge in [0.15, 0.2) is 0 Å². The normalized spacial score (nSPS) is 22.5. The zero-order chi connectivity index (χ0) is 14.5. The first-order valence-corrected chi connectivity index (χ1v) is 7.14. The molecule has 0 amide bonds. The fourth-order valence-corrected chi connectivity index (χ4v) is 2.74. The third kappa shape index (κ3) is 3.87. The maximum absolute atomic E-state index is 10.9. The molecule has 1 aromatic rings. The van der Waals surface area contributed by atoms with Crippen LogP contribution in [-0.4, -0.2) is 24.3 Å². The second-order valence-corrected chi connectivity index (χ2v) is 5.52. The van der Waals surface area contributed by atoms with Crippen molar-refractivity contribution in [2.24, 2.45) is 5.92 Å². The average molecular weight is 299 g/mol. The summed E-state index contributed by atoms with van der Waals surface area (Å²) in [5, 5.41) is 9.61. The van der Waals surface area contributed by atoms with Gasteiger partial charge in [-0.3, -0.25) is 4.79 Å². The van der Waals surface area contributed by atoms with Gasteiger partial charge in [0.1, 0.15) is 5.75 Å². The van der Waals surface area contributed by atoms with Crippen molar-refractivity contribution in [3.8, 4) is 5.75 Å². The van der Waals surface area contributed by atoms with Crippen LogP contribution in [0.3, 0.4) is 0 Å². The van der Waals surface area contributed by atoms with Gasteiger partial charge in [-0.2, -0.15) is 0 Å². The Kier molecular flexibility index (Phi) is 5.26. The van der Waals surface area contributed by atoms with Crippen molar-refractivity contribution in [3.05, 3.63) is 28.8 Å². The highest BCUT2D eigenvalue weighted by Gasteiger charge is 2.26. The van der Waals surface area contributed by atoms with Gasteiger partial charge in [-0.05, 0) is 43.9 Å². The Morgan fingerprint density at radius 3 is 2.65 bits per heavy atom. The first-order valence-electron chi connectivity index (χ1n) is 6.77. The van der Waals surface area contributed by atoms with Crippen LogP contribution in [0.15, 0.2) is 18.2 Å². The molecule has 0 unspecified atom stereocenters. The molecule has 110 valence electrons. The summed E-state index contributed by atoms with van der Waals surface area (Å²) in [6.45, 7) is 0.437. The fourth-order valence-electron chi connectivity index (χ4n) is 2.54. The highest BCUT2D eigenvalue weighted by Crippen LogP contribution is 2.29. The molecule has 0 atom stereocenters. The predicted octanol–water partition coefficient (Wildman–Crippen LogP) is 3.51. The van der Waals surface area contributed by atoms with E-state index in [-0.39, 0.29) is 12.0 Å². The van der Waals surface area contributed by atoms with Gasteiger partial charge >= 0.3 is 5.97 Å². The van der Waals surface area contributed by atoms with E-state index in [1.807, 2.05) is 12.1 Å². The third-order valence-electron chi connectivity index (χ3n) is 3.74. The third-order valence-corrected chi connectivity index (χ3v) is 3.98. The van der Waals surface area contributed by atoms with Gasteiger partial charge in [-0.25, -0.2) is 0 Å². The van der Waals surface area contributed by atoms with E-state index in [2.05, 4.69) is 0 Å². The number of hydrogen-bond acceptors (Lipinski definition) is 3. The summed E-state index contributed by atoms with van der Waals surface area (Å²) in [5.74, 6) is -0.149. The molecule has 1 aromatic carbocycles. The number of carbonyl (C=O) groups is 1. The Hall–Kier alpha value is -1.26. The molecule has 4 nitrogen and oxygen atoms in total. The standard InChI is InChI=1S/C15H19ClO4/c1-19-14-7-4-12(16)8-11(14)9-20-13-5-2-10(3-6-13)15(17)18/h4,7-8,10,13H,2-3,5-6,9H2,1H3,(H,17,18). The van der Waals surface area contributed by atoms with Crippen LogP contribution < -0.4 is 4.74 Å². The second-order valence-electron chi connectivity index (χ2n) is 5.08. The van der Waals surface area contributed by atoms with E-state index >= 15 is 0 Å². The lowest BCUT2D eigenvalue weighted by molar-refractivity contribution is -0.143. The van der Waals surface area contributed by atoms with E-state index in [9.17, 15) is 4.79 Å². The largest absolute Gasteiger partial charge is 0.496 e. The summed E-state index contributed by atoms with van der Waals surface area (Å²) in [6.07, 6.45) is 3.08. The number of carboxylic acids is 1. The first-order chi connectivity index (χ1) is 9.60. The van der Waals surface area contributed by atoms with Crippen LogP contribution in [0.25, 0.3) is 0 Å². The van der Waals surface area contributed by atoms with E-state index in [1.54, 1.807) is 13.2 Å². The monoisotopic (exact) mass is 298 g/mol. The summed E-state index contributed by atoms with van der Waals surface area (Å²) in [6, 6.07) is 5.44. The Balaban J connectivity index is 1.87. The van der Waals surface area contributed by atoms with Gasteiger partial charge in [0.05, 0.1) is 25.7 Å². The highest BCUT2D eigenvalue weighted by molar-refractivity contribution is 6.30. The number of rotatable bonds is 5. The van der Waals surface area contributed by atoms with Crippen molar-refractivity contribution in [3.63, 3.8) is 0 Å². The molecule has 0 saturated heterocycles. The molecule has 5 heteroatoms. The topological polar surface area (TPSA) is 55.8 Å². The van der Waals surface area contributed by atoms with E-state index in [0.717, 1.165) is 24.2 Å². The lowest BCUT2D eigenvalue weighted by atomic mass is 9.87.